The summed E-state index contributed by atoms with van der Waals surface area (Å²) >= 11 is 0. The van der Waals surface area contributed by atoms with Gasteiger partial charge < -0.3 is 24.6 Å². The predicted molar refractivity (Wildman–Crippen MR) is 153 cm³/mol. The molecule has 9 atom stereocenters. The van der Waals surface area contributed by atoms with Crippen molar-refractivity contribution in [2.75, 3.05) is 73.7 Å². The number of methoxy groups -OCH3 is 1. The summed E-state index contributed by atoms with van der Waals surface area (Å²) in [5, 5.41) is 24.1. The Morgan fingerprint density at radius 2 is 1.87 bits per heavy atom. The average Bonchev–Trinajstić information content (AvgIpc) is 3.37. The van der Waals surface area contributed by atoms with E-state index in [0.717, 1.165) is 58.4 Å². The zero-order chi connectivity index (χ0) is 27.9. The lowest BCUT2D eigenvalue weighted by Gasteiger charge is -2.39. The molecule has 0 bridgehead atoms. The average molecular weight is 561 g/mol. The van der Waals surface area contributed by atoms with Gasteiger partial charge >= 0.3 is 0 Å². The molecule has 224 valence electrons. The molecule has 0 aromatic carbocycles. The van der Waals surface area contributed by atoms with Crippen LogP contribution in [-0.2, 0) is 20.5 Å². The number of ether oxygens (including phenoxy) is 2. The van der Waals surface area contributed by atoms with Crippen molar-refractivity contribution in [2.24, 2.45) is 23.7 Å². The number of hydrogen-bond acceptors (Lipinski definition) is 8. The van der Waals surface area contributed by atoms with E-state index in [1.165, 1.54) is 12.8 Å². The first kappa shape index (κ1) is 32.3. The predicted octanol–water partition coefficient (Wildman–Crippen LogP) is 1.72. The number of hydrogen-bond donors (Lipinski definition) is 3. The second-order valence-corrected chi connectivity index (χ2v) is 14.1. The lowest BCUT2D eigenvalue weighted by atomic mass is 9.81. The van der Waals surface area contributed by atoms with Crippen LogP contribution in [0.25, 0.3) is 0 Å². The Hall–Kier alpha value is -0.170. The van der Waals surface area contributed by atoms with Gasteiger partial charge in [0.1, 0.15) is 12.5 Å². The monoisotopic (exact) mass is 560 g/mol. The number of nitrogens with zero attached hydrogens (tertiary/aromatic N) is 3. The number of rotatable bonds is 18. The Labute approximate surface area is 234 Å². The van der Waals surface area contributed by atoms with Gasteiger partial charge in [-0.15, -0.1) is 0 Å². The van der Waals surface area contributed by atoms with Crippen molar-refractivity contribution in [2.45, 2.75) is 82.6 Å². The van der Waals surface area contributed by atoms with Crippen LogP contribution >= 0.6 is 0 Å². The summed E-state index contributed by atoms with van der Waals surface area (Å²) < 4.78 is 26.8. The summed E-state index contributed by atoms with van der Waals surface area (Å²) in [7, 11) is 4.56. The van der Waals surface area contributed by atoms with E-state index in [1.807, 2.05) is 30.4 Å². The molecule has 0 radical (unpaired) electrons. The van der Waals surface area contributed by atoms with E-state index in [4.69, 9.17) is 9.47 Å². The van der Waals surface area contributed by atoms with Gasteiger partial charge in [0.15, 0.2) is 0 Å². The van der Waals surface area contributed by atoms with Gasteiger partial charge in [0.2, 0.25) is 0 Å². The number of likely N-dealkylation sites (N-methyl/N-ethyl adjacent to an activating group) is 2. The van der Waals surface area contributed by atoms with Crippen molar-refractivity contribution in [3.8, 4) is 0 Å². The molecule has 10 heteroatoms. The molecule has 2 aliphatic carbocycles. The van der Waals surface area contributed by atoms with Crippen molar-refractivity contribution in [3.63, 3.8) is 0 Å². The van der Waals surface area contributed by atoms with Crippen LogP contribution in [0, 0.1) is 23.7 Å². The van der Waals surface area contributed by atoms with Gasteiger partial charge in [-0.3, -0.25) is 10.2 Å². The van der Waals surface area contributed by atoms with Crippen molar-refractivity contribution >= 4 is 11.0 Å². The van der Waals surface area contributed by atoms with E-state index in [9.17, 15) is 14.4 Å². The molecular weight excluding hydrogens is 504 g/mol. The number of likely N-dealkylation sites (tertiary alicyclic amines) is 1. The van der Waals surface area contributed by atoms with Crippen molar-refractivity contribution in [1.29, 1.82) is 0 Å². The molecule has 3 N–H and O–H groups in total. The highest BCUT2D eigenvalue weighted by Crippen LogP contribution is 2.60. The quantitative estimate of drug-likeness (QED) is 0.172. The first-order chi connectivity index (χ1) is 18.1. The SMILES string of the molecule is COC12CC(C)[C@@H](S(=O)N(C)CCOCC(O)N(C)CC(C)CCNC(O)CCN3CCCC3)[C@@H](C)[C@H]1C2. The third-order valence-corrected chi connectivity index (χ3v) is 11.4. The number of aliphatic hydroxyl groups excluding tert-OH is 2. The van der Waals surface area contributed by atoms with Gasteiger partial charge in [-0.2, -0.15) is 0 Å². The molecule has 0 spiro atoms. The van der Waals surface area contributed by atoms with E-state index in [2.05, 4.69) is 31.0 Å². The Bertz CT molecular complexity index is 729. The number of aliphatic hydroxyl groups is 2. The maximum absolute atomic E-state index is 13.3. The van der Waals surface area contributed by atoms with Crippen LogP contribution in [0.2, 0.25) is 0 Å². The minimum Gasteiger partial charge on any atom is -0.379 e. The zero-order valence-corrected chi connectivity index (χ0v) is 25.6. The smallest absolute Gasteiger partial charge is 0.130 e. The lowest BCUT2D eigenvalue weighted by molar-refractivity contribution is -0.0525. The van der Waals surface area contributed by atoms with Crippen LogP contribution in [0.1, 0.15) is 59.3 Å². The Balaban J connectivity index is 1.25. The molecule has 3 rings (SSSR count). The normalized spacial score (nSPS) is 32.9. The van der Waals surface area contributed by atoms with E-state index in [1.54, 1.807) is 0 Å². The molecule has 0 aromatic heterocycles. The van der Waals surface area contributed by atoms with Gasteiger partial charge in [-0.1, -0.05) is 20.8 Å². The fraction of sp³-hybridized carbons (Fsp3) is 1.00. The second-order valence-electron chi connectivity index (χ2n) is 12.4. The van der Waals surface area contributed by atoms with E-state index in [-0.39, 0.29) is 17.5 Å². The van der Waals surface area contributed by atoms with E-state index < -0.39 is 23.4 Å². The topological polar surface area (TPSA) is 97.7 Å². The highest BCUT2D eigenvalue weighted by molar-refractivity contribution is 7.83. The van der Waals surface area contributed by atoms with Gasteiger partial charge in [-0.25, -0.2) is 8.51 Å². The van der Waals surface area contributed by atoms with Crippen molar-refractivity contribution < 1.29 is 23.9 Å². The molecular formula is C28H56N4O5S. The van der Waals surface area contributed by atoms with Gasteiger partial charge in [0, 0.05) is 26.7 Å². The van der Waals surface area contributed by atoms with Crippen LogP contribution in [0.4, 0.5) is 0 Å². The summed E-state index contributed by atoms with van der Waals surface area (Å²) in [6.45, 7) is 12.6. The lowest BCUT2D eigenvalue weighted by Crippen LogP contribution is -2.46. The summed E-state index contributed by atoms with van der Waals surface area (Å²) in [4.78, 5) is 4.33. The summed E-state index contributed by atoms with van der Waals surface area (Å²) in [6, 6.07) is 0. The molecule has 6 unspecified atom stereocenters. The maximum Gasteiger partial charge on any atom is 0.130 e. The standard InChI is InChI=1S/C28H56N4O5S/c1-21(9-11-29-25(33)10-14-32-12-7-8-13-32)19-30(4)26(34)20-37-16-15-31(5)38(35)27-22(2)17-28(36-6)18-24(28)23(27)3/h21-27,29,33-34H,7-20H2,1-6H3/t21?,22?,23-,24+,25?,26?,27+,28?,38?/m0/s1. The largest absolute Gasteiger partial charge is 0.379 e. The molecule has 3 fully saturated rings. The Kier molecular flexibility index (Phi) is 12.9. The fourth-order valence-corrected chi connectivity index (χ4v) is 8.46. The molecule has 2 saturated carbocycles. The molecule has 38 heavy (non-hydrogen) atoms. The van der Waals surface area contributed by atoms with Crippen LogP contribution < -0.4 is 5.32 Å². The first-order valence-corrected chi connectivity index (χ1v) is 16.0. The van der Waals surface area contributed by atoms with Crippen LogP contribution in [0.3, 0.4) is 0 Å². The summed E-state index contributed by atoms with van der Waals surface area (Å²) in [5.41, 5.74) is 0.0334. The molecule has 0 aromatic rings. The highest BCUT2D eigenvalue weighted by atomic mass is 32.2. The van der Waals surface area contributed by atoms with E-state index >= 15 is 0 Å². The molecule has 9 nitrogen and oxygen atoms in total. The minimum absolute atomic E-state index is 0.0334. The fourth-order valence-electron chi connectivity index (χ4n) is 6.74. The van der Waals surface area contributed by atoms with E-state index in [0.29, 0.717) is 36.8 Å². The van der Waals surface area contributed by atoms with Crippen LogP contribution in [0.15, 0.2) is 0 Å². The molecule has 3 aliphatic rings. The van der Waals surface area contributed by atoms with Crippen molar-refractivity contribution in [3.05, 3.63) is 0 Å². The van der Waals surface area contributed by atoms with Crippen LogP contribution in [-0.4, -0.2) is 126 Å². The molecule has 1 saturated heterocycles. The minimum atomic E-state index is -1.07. The first-order valence-electron chi connectivity index (χ1n) is 14.8. The van der Waals surface area contributed by atoms with Gasteiger partial charge in [0.05, 0.1) is 35.1 Å². The summed E-state index contributed by atoms with van der Waals surface area (Å²) in [5.74, 6) is 1.65. The molecule has 1 heterocycles. The Morgan fingerprint density at radius 3 is 2.55 bits per heavy atom. The van der Waals surface area contributed by atoms with Gasteiger partial charge in [0.25, 0.3) is 0 Å². The number of fused-ring (bicyclic) bond motifs is 1. The summed E-state index contributed by atoms with van der Waals surface area (Å²) in [6.07, 6.45) is 5.20. The second kappa shape index (κ2) is 15.2. The van der Waals surface area contributed by atoms with Crippen LogP contribution in [0.5, 0.6) is 0 Å². The Morgan fingerprint density at radius 1 is 1.16 bits per heavy atom. The maximum atomic E-state index is 13.3. The van der Waals surface area contributed by atoms with Crippen molar-refractivity contribution in [1.82, 2.24) is 19.4 Å². The zero-order valence-electron chi connectivity index (χ0n) is 24.8. The third kappa shape index (κ3) is 8.91. The molecule has 0 amide bonds. The highest BCUT2D eigenvalue weighted by Gasteiger charge is 2.63. The number of nitrogens with one attached hydrogen (secondary N) is 1. The molecule has 1 aliphatic heterocycles. The van der Waals surface area contributed by atoms with Gasteiger partial charge in [-0.05, 0) is 95.9 Å². The third-order valence-electron chi connectivity index (χ3n) is 9.27.